The van der Waals surface area contributed by atoms with Gasteiger partial charge < -0.3 is 4.90 Å². The van der Waals surface area contributed by atoms with Crippen LogP contribution >= 0.6 is 11.9 Å². The molecule has 0 amide bonds. The molecule has 3 saturated carbocycles. The molecule has 174 valence electrons. The highest BCUT2D eigenvalue weighted by atomic mass is 32.2. The Hall–Kier alpha value is -1.28. The molecule has 8 heteroatoms. The van der Waals surface area contributed by atoms with Gasteiger partial charge in [-0.15, -0.1) is 0 Å². The Morgan fingerprint density at radius 2 is 2.03 bits per heavy atom. The number of rotatable bonds is 9. The van der Waals surface area contributed by atoms with E-state index in [0.717, 1.165) is 50.4 Å². The van der Waals surface area contributed by atoms with Gasteiger partial charge in [-0.2, -0.15) is 13.2 Å². The van der Waals surface area contributed by atoms with Crippen molar-refractivity contribution in [2.45, 2.75) is 59.6 Å². The highest BCUT2D eigenvalue weighted by molar-refractivity contribution is 7.97. The largest absolute Gasteiger partial charge is 0.417 e. The molecule has 3 aliphatic carbocycles. The summed E-state index contributed by atoms with van der Waals surface area (Å²) in [4.78, 5) is 18.5. The summed E-state index contributed by atoms with van der Waals surface area (Å²) in [5.41, 5.74) is -0.474. The first-order valence-corrected chi connectivity index (χ1v) is 12.4. The Morgan fingerprint density at radius 3 is 2.58 bits per heavy atom. The average Bonchev–Trinajstić information content (AvgIpc) is 3.30. The molecule has 3 fully saturated rings. The van der Waals surface area contributed by atoms with Crippen LogP contribution in [0.25, 0.3) is 0 Å². The number of anilines is 1. The lowest BCUT2D eigenvalue weighted by atomic mass is 9.57. The van der Waals surface area contributed by atoms with Crippen molar-refractivity contribution in [2.24, 2.45) is 22.7 Å². The summed E-state index contributed by atoms with van der Waals surface area (Å²) in [5.74, 6) is 3.26. The molecule has 0 radical (unpaired) electrons. The summed E-state index contributed by atoms with van der Waals surface area (Å²) in [6, 6.07) is 2.51. The van der Waals surface area contributed by atoms with Gasteiger partial charge >= 0.3 is 6.18 Å². The number of aromatic nitrogens is 1. The fourth-order valence-electron chi connectivity index (χ4n) is 5.85. The Bertz CT molecular complexity index is 772. The van der Waals surface area contributed by atoms with E-state index in [1.165, 1.54) is 12.5 Å². The number of alkyl halides is 3. The van der Waals surface area contributed by atoms with E-state index in [4.69, 9.17) is 0 Å². The van der Waals surface area contributed by atoms with E-state index in [2.05, 4.69) is 16.6 Å². The van der Waals surface area contributed by atoms with Crippen molar-refractivity contribution < 1.29 is 18.0 Å². The number of Topliss-reactive ketones (excluding diaryl/α,β-unsaturated/α-hetero) is 1. The average molecular weight is 458 g/mol. The summed E-state index contributed by atoms with van der Waals surface area (Å²) in [6.07, 6.45) is 0.440. The van der Waals surface area contributed by atoms with Crippen molar-refractivity contribution in [1.29, 1.82) is 0 Å². The number of nitrogens with one attached hydrogen (secondary N) is 1. The molecule has 0 bridgehead atoms. The van der Waals surface area contributed by atoms with Crippen LogP contribution < -0.4 is 9.62 Å². The normalized spacial score (nSPS) is 30.6. The molecule has 0 aromatic carbocycles. The highest BCUT2D eigenvalue weighted by Gasteiger charge is 2.82. The predicted molar refractivity (Wildman–Crippen MR) is 120 cm³/mol. The molecule has 4 atom stereocenters. The van der Waals surface area contributed by atoms with Crippen molar-refractivity contribution in [3.05, 3.63) is 23.9 Å². The molecule has 1 spiro atoms. The number of nitrogens with zero attached hydrogens (tertiary/aromatic N) is 2. The zero-order valence-corrected chi connectivity index (χ0v) is 19.7. The number of pyridine rings is 1. The van der Waals surface area contributed by atoms with Gasteiger partial charge in [-0.3, -0.25) is 9.52 Å². The smallest absolute Gasteiger partial charge is 0.357 e. The summed E-state index contributed by atoms with van der Waals surface area (Å²) < 4.78 is 41.4. The second-order valence-corrected chi connectivity index (χ2v) is 9.53. The number of ketones is 1. The fraction of sp³-hybridized carbons (Fsp3) is 0.739. The second-order valence-electron chi connectivity index (χ2n) is 8.66. The summed E-state index contributed by atoms with van der Waals surface area (Å²) in [6.45, 7) is 10.5. The van der Waals surface area contributed by atoms with Gasteiger partial charge in [0.25, 0.3) is 0 Å². The lowest BCUT2D eigenvalue weighted by Crippen LogP contribution is -2.49. The van der Waals surface area contributed by atoms with Crippen LogP contribution in [0.1, 0.15) is 58.9 Å². The van der Waals surface area contributed by atoms with Crippen LogP contribution in [0.4, 0.5) is 19.0 Å². The van der Waals surface area contributed by atoms with Gasteiger partial charge in [0.2, 0.25) is 0 Å². The molecule has 31 heavy (non-hydrogen) atoms. The molecule has 4 rings (SSSR count). The molecule has 1 aromatic heterocycles. The lowest BCUT2D eigenvalue weighted by Gasteiger charge is -2.48. The zero-order valence-electron chi connectivity index (χ0n) is 18.9. The fourth-order valence-corrected chi connectivity index (χ4v) is 7.06. The van der Waals surface area contributed by atoms with E-state index < -0.39 is 11.7 Å². The Balaban J connectivity index is 0.00000132. The third kappa shape index (κ3) is 4.10. The number of halogens is 3. The quantitative estimate of drug-likeness (QED) is 0.387. The SMILES string of the molecule is CC.CCN(CCCNSCC12CCC13C(C)C3CC2=O)c1ccc(C(F)(F)F)cn1. The van der Waals surface area contributed by atoms with Crippen molar-refractivity contribution in [1.82, 2.24) is 9.71 Å². The predicted octanol–water partition coefficient (Wildman–Crippen LogP) is 5.59. The van der Waals surface area contributed by atoms with Crippen molar-refractivity contribution >= 4 is 23.5 Å². The molecule has 4 unspecified atom stereocenters. The molecule has 3 aliphatic rings. The van der Waals surface area contributed by atoms with Crippen LogP contribution in [0.2, 0.25) is 0 Å². The number of hydrogen-bond donors (Lipinski definition) is 1. The van der Waals surface area contributed by atoms with Crippen LogP contribution in [0, 0.1) is 22.7 Å². The van der Waals surface area contributed by atoms with E-state index in [1.807, 2.05) is 25.7 Å². The Labute approximate surface area is 187 Å². The van der Waals surface area contributed by atoms with Crippen molar-refractivity contribution in [3.8, 4) is 0 Å². The van der Waals surface area contributed by atoms with Gasteiger partial charge in [0.05, 0.1) is 5.56 Å². The van der Waals surface area contributed by atoms with E-state index in [0.29, 0.717) is 35.4 Å². The number of carbonyl (C=O) groups is 1. The van der Waals surface area contributed by atoms with Gasteiger partial charge in [0.15, 0.2) is 0 Å². The third-order valence-electron chi connectivity index (χ3n) is 7.67. The number of carbonyl (C=O) groups excluding carboxylic acids is 1. The summed E-state index contributed by atoms with van der Waals surface area (Å²) in [7, 11) is 0. The van der Waals surface area contributed by atoms with Crippen LogP contribution in [-0.4, -0.2) is 36.2 Å². The van der Waals surface area contributed by atoms with Gasteiger partial charge in [0, 0.05) is 43.4 Å². The minimum Gasteiger partial charge on any atom is -0.357 e. The summed E-state index contributed by atoms with van der Waals surface area (Å²) in [5, 5.41) is 0. The molecular formula is C23H34F3N3OS. The first-order chi connectivity index (χ1) is 14.8. The van der Waals surface area contributed by atoms with Gasteiger partial charge in [0.1, 0.15) is 11.6 Å². The van der Waals surface area contributed by atoms with E-state index in [-0.39, 0.29) is 5.41 Å². The van der Waals surface area contributed by atoms with Gasteiger partial charge in [-0.1, -0.05) is 32.7 Å². The highest BCUT2D eigenvalue weighted by Crippen LogP contribution is 2.84. The maximum absolute atomic E-state index is 12.7. The van der Waals surface area contributed by atoms with Crippen LogP contribution in [0.15, 0.2) is 18.3 Å². The van der Waals surface area contributed by atoms with Crippen LogP contribution in [0.3, 0.4) is 0 Å². The molecule has 1 heterocycles. The first kappa shape index (κ1) is 24.4. The van der Waals surface area contributed by atoms with Crippen LogP contribution in [0.5, 0.6) is 0 Å². The topological polar surface area (TPSA) is 45.2 Å². The van der Waals surface area contributed by atoms with Crippen molar-refractivity contribution in [3.63, 3.8) is 0 Å². The van der Waals surface area contributed by atoms with E-state index >= 15 is 0 Å². The lowest BCUT2D eigenvalue weighted by molar-refractivity contribution is -0.138. The minimum atomic E-state index is -4.36. The molecule has 4 nitrogen and oxygen atoms in total. The molecule has 1 N–H and O–H groups in total. The third-order valence-corrected chi connectivity index (χ3v) is 8.72. The van der Waals surface area contributed by atoms with Crippen LogP contribution in [-0.2, 0) is 11.0 Å². The Kier molecular flexibility index (Phi) is 7.31. The minimum absolute atomic E-state index is 0.0750. The maximum atomic E-state index is 12.7. The molecule has 0 saturated heterocycles. The summed E-state index contributed by atoms with van der Waals surface area (Å²) >= 11 is 1.67. The second kappa shape index (κ2) is 9.30. The maximum Gasteiger partial charge on any atom is 0.417 e. The molecule has 0 aliphatic heterocycles. The van der Waals surface area contributed by atoms with E-state index in [1.54, 1.807) is 11.9 Å². The number of hydrogen-bond acceptors (Lipinski definition) is 5. The first-order valence-electron chi connectivity index (χ1n) is 11.4. The zero-order chi connectivity index (χ0) is 22.9. The van der Waals surface area contributed by atoms with Crippen molar-refractivity contribution in [2.75, 3.05) is 30.3 Å². The molecular weight excluding hydrogens is 423 g/mol. The molecule has 1 aromatic rings. The van der Waals surface area contributed by atoms with E-state index in [9.17, 15) is 18.0 Å². The Morgan fingerprint density at radius 1 is 1.29 bits per heavy atom. The standard InChI is InChI=1S/C21H28F3N3OS.C2H6/c1-3-27(18-6-5-15(12-25-18)21(22,23)24)10-4-9-26-29-13-19-7-8-20(19)14(2)16(20)11-17(19)28;1-2/h5-6,12,14,16,26H,3-4,7-11,13H2,1-2H3;1-2H3. The van der Waals surface area contributed by atoms with Gasteiger partial charge in [-0.25, -0.2) is 4.98 Å². The monoisotopic (exact) mass is 457 g/mol. The van der Waals surface area contributed by atoms with Gasteiger partial charge in [-0.05, 0) is 55.6 Å².